The van der Waals surface area contributed by atoms with E-state index in [2.05, 4.69) is 34.9 Å². The number of methoxy groups -OCH3 is 1. The largest absolute Gasteiger partial charge is 0.479 e. The van der Waals surface area contributed by atoms with Crippen LogP contribution in [0.4, 0.5) is 4.79 Å². The summed E-state index contributed by atoms with van der Waals surface area (Å²) in [6.07, 6.45) is 1.26. The fourth-order valence-electron chi connectivity index (χ4n) is 5.15. The van der Waals surface area contributed by atoms with Gasteiger partial charge in [0, 0.05) is 25.5 Å². The molecule has 0 aromatic heterocycles. The highest BCUT2D eigenvalue weighted by atomic mass is 16.5. The van der Waals surface area contributed by atoms with E-state index in [-0.39, 0.29) is 49.8 Å². The number of benzene rings is 2. The highest BCUT2D eigenvalue weighted by molar-refractivity contribution is 5.87. The van der Waals surface area contributed by atoms with Gasteiger partial charge >= 0.3 is 12.1 Å². The van der Waals surface area contributed by atoms with E-state index in [0.717, 1.165) is 11.1 Å². The number of carboxylic acid groups (broad SMARTS) is 1. The Bertz CT molecular complexity index is 1050. The summed E-state index contributed by atoms with van der Waals surface area (Å²) in [5, 5.41) is 15.0. The molecule has 1 unspecified atom stereocenters. The molecule has 35 heavy (non-hydrogen) atoms. The maximum absolute atomic E-state index is 12.4. The summed E-state index contributed by atoms with van der Waals surface area (Å²) in [4.78, 5) is 36.5. The third-order valence-electron chi connectivity index (χ3n) is 7.16. The summed E-state index contributed by atoms with van der Waals surface area (Å²) in [5.41, 5.74) is 3.26. The molecule has 0 bridgehead atoms. The minimum atomic E-state index is -1.42. The number of alkyl carbamates (subject to hydrolysis) is 1. The van der Waals surface area contributed by atoms with Crippen LogP contribution in [0.1, 0.15) is 49.7 Å². The Labute approximate surface area is 205 Å². The molecule has 1 saturated carbocycles. The van der Waals surface area contributed by atoms with Gasteiger partial charge in [-0.3, -0.25) is 4.79 Å². The molecular weight excluding hydrogens is 448 g/mol. The van der Waals surface area contributed by atoms with Crippen LogP contribution in [0.25, 0.3) is 11.1 Å². The number of ether oxygens (including phenoxy) is 2. The van der Waals surface area contributed by atoms with Gasteiger partial charge in [-0.25, -0.2) is 9.59 Å². The minimum absolute atomic E-state index is 0.00570. The third kappa shape index (κ3) is 5.17. The lowest BCUT2D eigenvalue weighted by atomic mass is 9.78. The molecule has 2 aliphatic carbocycles. The summed E-state index contributed by atoms with van der Waals surface area (Å²) in [7, 11) is 1.41. The molecule has 0 spiro atoms. The normalized spacial score (nSPS) is 20.1. The molecule has 8 heteroatoms. The fourth-order valence-corrected chi connectivity index (χ4v) is 5.15. The zero-order valence-corrected chi connectivity index (χ0v) is 20.1. The van der Waals surface area contributed by atoms with E-state index in [1.807, 2.05) is 24.3 Å². The molecule has 0 heterocycles. The lowest BCUT2D eigenvalue weighted by Gasteiger charge is -2.36. The number of hydrogen-bond donors (Lipinski definition) is 3. The molecule has 1 atom stereocenters. The van der Waals surface area contributed by atoms with Crippen molar-refractivity contribution in [3.63, 3.8) is 0 Å². The Morgan fingerprint density at radius 2 is 1.63 bits per heavy atom. The number of carbonyl (C=O) groups excluding carboxylic acids is 2. The van der Waals surface area contributed by atoms with Crippen molar-refractivity contribution in [2.45, 2.75) is 50.1 Å². The second-order valence-corrected chi connectivity index (χ2v) is 9.43. The Kier molecular flexibility index (Phi) is 7.40. The predicted molar refractivity (Wildman–Crippen MR) is 130 cm³/mol. The standard InChI is InChI=1S/C27H32N2O6/c1-3-27(16-34-2,25(31)32)29-24(30)14-17-12-18(13-17)28-26(33)35-15-23-21-10-6-4-8-19(21)20-9-5-7-11-22(20)23/h4-11,17-18,23H,3,12-16H2,1-2H3,(H,28,33)(H,29,30)(H,31,32). The summed E-state index contributed by atoms with van der Waals surface area (Å²) < 4.78 is 10.6. The van der Waals surface area contributed by atoms with E-state index in [0.29, 0.717) is 12.8 Å². The molecular formula is C27H32N2O6. The molecule has 8 nitrogen and oxygen atoms in total. The second kappa shape index (κ2) is 10.5. The van der Waals surface area contributed by atoms with Crippen LogP contribution < -0.4 is 10.6 Å². The van der Waals surface area contributed by atoms with Gasteiger partial charge in [0.2, 0.25) is 5.91 Å². The average molecular weight is 481 g/mol. The van der Waals surface area contributed by atoms with Crippen molar-refractivity contribution in [1.82, 2.24) is 10.6 Å². The Balaban J connectivity index is 1.23. The molecule has 2 aromatic carbocycles. The number of hydrogen-bond acceptors (Lipinski definition) is 5. The number of aliphatic carboxylic acids is 1. The number of rotatable bonds is 10. The van der Waals surface area contributed by atoms with Gasteiger partial charge in [-0.05, 0) is 47.4 Å². The number of carbonyl (C=O) groups is 3. The topological polar surface area (TPSA) is 114 Å². The number of fused-ring (bicyclic) bond motifs is 3. The Hall–Kier alpha value is -3.39. The van der Waals surface area contributed by atoms with Crippen molar-refractivity contribution < 1.29 is 29.0 Å². The molecule has 186 valence electrons. The van der Waals surface area contributed by atoms with Crippen molar-refractivity contribution in [3.05, 3.63) is 59.7 Å². The zero-order chi connectivity index (χ0) is 25.0. The van der Waals surface area contributed by atoms with E-state index in [1.165, 1.54) is 18.2 Å². The smallest absolute Gasteiger partial charge is 0.407 e. The Morgan fingerprint density at radius 3 is 2.17 bits per heavy atom. The van der Waals surface area contributed by atoms with Crippen LogP contribution in [0.5, 0.6) is 0 Å². The lowest BCUT2D eigenvalue weighted by molar-refractivity contribution is -0.150. The van der Waals surface area contributed by atoms with Crippen molar-refractivity contribution in [3.8, 4) is 11.1 Å². The molecule has 2 amide bonds. The average Bonchev–Trinajstić information content (AvgIpc) is 3.14. The van der Waals surface area contributed by atoms with E-state index in [9.17, 15) is 19.5 Å². The number of nitrogens with one attached hydrogen (secondary N) is 2. The molecule has 1 fully saturated rings. The first-order valence-corrected chi connectivity index (χ1v) is 12.0. The number of carboxylic acids is 1. The minimum Gasteiger partial charge on any atom is -0.479 e. The highest BCUT2D eigenvalue weighted by Crippen LogP contribution is 2.44. The van der Waals surface area contributed by atoms with E-state index in [4.69, 9.17) is 9.47 Å². The summed E-state index contributed by atoms with van der Waals surface area (Å²) in [6, 6.07) is 16.3. The maximum atomic E-state index is 12.4. The van der Waals surface area contributed by atoms with Crippen LogP contribution in [-0.2, 0) is 19.1 Å². The van der Waals surface area contributed by atoms with Gasteiger partial charge in [0.1, 0.15) is 6.61 Å². The third-order valence-corrected chi connectivity index (χ3v) is 7.16. The maximum Gasteiger partial charge on any atom is 0.407 e. The highest BCUT2D eigenvalue weighted by Gasteiger charge is 2.40. The van der Waals surface area contributed by atoms with Crippen molar-refractivity contribution in [2.75, 3.05) is 20.3 Å². The second-order valence-electron chi connectivity index (χ2n) is 9.43. The molecule has 0 aliphatic heterocycles. The fraction of sp³-hybridized carbons (Fsp3) is 0.444. The van der Waals surface area contributed by atoms with E-state index in [1.54, 1.807) is 6.92 Å². The van der Waals surface area contributed by atoms with Crippen LogP contribution in [0.15, 0.2) is 48.5 Å². The summed E-state index contributed by atoms with van der Waals surface area (Å²) in [6.45, 7) is 1.86. The van der Waals surface area contributed by atoms with Gasteiger partial charge in [-0.2, -0.15) is 0 Å². The first kappa shape index (κ1) is 24.7. The number of amides is 2. The van der Waals surface area contributed by atoms with E-state index < -0.39 is 17.6 Å². The van der Waals surface area contributed by atoms with Gasteiger partial charge < -0.3 is 25.2 Å². The van der Waals surface area contributed by atoms with Crippen molar-refractivity contribution in [2.24, 2.45) is 5.92 Å². The molecule has 4 rings (SSSR count). The molecule has 2 aromatic rings. The summed E-state index contributed by atoms with van der Waals surface area (Å²) in [5.74, 6) is -1.35. The van der Waals surface area contributed by atoms with Crippen LogP contribution in [0.3, 0.4) is 0 Å². The van der Waals surface area contributed by atoms with Crippen molar-refractivity contribution in [1.29, 1.82) is 0 Å². The predicted octanol–water partition coefficient (Wildman–Crippen LogP) is 3.69. The van der Waals surface area contributed by atoms with Gasteiger partial charge in [0.25, 0.3) is 0 Å². The molecule has 3 N–H and O–H groups in total. The Morgan fingerprint density at radius 1 is 1.03 bits per heavy atom. The zero-order valence-electron chi connectivity index (χ0n) is 20.1. The van der Waals surface area contributed by atoms with Crippen LogP contribution in [0, 0.1) is 5.92 Å². The van der Waals surface area contributed by atoms with Gasteiger partial charge in [-0.15, -0.1) is 0 Å². The van der Waals surface area contributed by atoms with E-state index >= 15 is 0 Å². The van der Waals surface area contributed by atoms with Crippen molar-refractivity contribution >= 4 is 18.0 Å². The van der Waals surface area contributed by atoms with Gasteiger partial charge in [-0.1, -0.05) is 55.5 Å². The quantitative estimate of drug-likeness (QED) is 0.478. The molecule has 0 saturated heterocycles. The van der Waals surface area contributed by atoms with Gasteiger partial charge in [0.15, 0.2) is 5.54 Å². The monoisotopic (exact) mass is 480 g/mol. The summed E-state index contributed by atoms with van der Waals surface area (Å²) >= 11 is 0. The first-order valence-electron chi connectivity index (χ1n) is 12.0. The first-order chi connectivity index (χ1) is 16.9. The van der Waals surface area contributed by atoms with Crippen LogP contribution in [0.2, 0.25) is 0 Å². The van der Waals surface area contributed by atoms with Crippen LogP contribution in [-0.4, -0.2) is 55.0 Å². The van der Waals surface area contributed by atoms with Crippen LogP contribution >= 0.6 is 0 Å². The SMILES string of the molecule is CCC(COC)(NC(=O)CC1CC(NC(=O)OCC2c3ccccc3-c3ccccc32)C1)C(=O)O. The lowest BCUT2D eigenvalue weighted by Crippen LogP contribution is -2.58. The molecule has 0 radical (unpaired) electrons. The molecule has 2 aliphatic rings. The van der Waals surface area contributed by atoms with Gasteiger partial charge in [0.05, 0.1) is 6.61 Å².